The van der Waals surface area contributed by atoms with Crippen LogP contribution in [-0.4, -0.2) is 21.2 Å². The summed E-state index contributed by atoms with van der Waals surface area (Å²) in [7, 11) is 0. The van der Waals surface area contributed by atoms with Gasteiger partial charge in [0.2, 0.25) is 5.88 Å². The summed E-state index contributed by atoms with van der Waals surface area (Å²) < 4.78 is 15.5. The molecule has 0 N–H and O–H groups in total. The largest absolute Gasteiger partial charge is 0.458 e. The molecule has 0 radical (unpaired) electrons. The number of ether oxygens (including phenoxy) is 2. The molecule has 6 heteroatoms. The van der Waals surface area contributed by atoms with Gasteiger partial charge < -0.3 is 14.0 Å². The third-order valence-corrected chi connectivity index (χ3v) is 9.94. The molecule has 0 amide bonds. The minimum atomic E-state index is -0.0254. The van der Waals surface area contributed by atoms with E-state index in [-0.39, 0.29) is 6.71 Å². The molecule has 2 aliphatic rings. The molecule has 48 heavy (non-hydrogen) atoms. The summed E-state index contributed by atoms with van der Waals surface area (Å²) in [6.07, 6.45) is 1.98. The van der Waals surface area contributed by atoms with Gasteiger partial charge in [-0.2, -0.15) is 0 Å². The van der Waals surface area contributed by atoms with Crippen molar-refractivity contribution >= 4 is 66.6 Å². The lowest BCUT2D eigenvalue weighted by Crippen LogP contribution is -2.57. The number of nitrogens with zero attached hydrogens (tertiary/aromatic N) is 3. The molecule has 5 heterocycles. The number of pyridine rings is 2. The van der Waals surface area contributed by atoms with E-state index in [0.717, 1.165) is 83.3 Å². The highest BCUT2D eigenvalue weighted by Crippen LogP contribution is 2.41. The lowest BCUT2D eigenvalue weighted by Gasteiger charge is -2.32. The van der Waals surface area contributed by atoms with Crippen LogP contribution in [0.3, 0.4) is 0 Å². The average molecular weight is 613 g/mol. The van der Waals surface area contributed by atoms with Crippen molar-refractivity contribution in [2.45, 2.75) is 0 Å². The van der Waals surface area contributed by atoms with Crippen molar-refractivity contribution in [1.29, 1.82) is 0 Å². The summed E-state index contributed by atoms with van der Waals surface area (Å²) >= 11 is 0. The summed E-state index contributed by atoms with van der Waals surface area (Å²) in [6.45, 7) is -0.0254. The van der Waals surface area contributed by atoms with Crippen molar-refractivity contribution in [1.82, 2.24) is 14.5 Å². The van der Waals surface area contributed by atoms with Crippen LogP contribution in [0.25, 0.3) is 60.4 Å². The maximum Gasteiger partial charge on any atom is 0.262 e. The first kappa shape index (κ1) is 25.8. The van der Waals surface area contributed by atoms with Gasteiger partial charge in [0.05, 0.1) is 34.1 Å². The van der Waals surface area contributed by atoms with Crippen LogP contribution in [-0.2, 0) is 0 Å². The molecule has 2 aliphatic heterocycles. The lowest BCUT2D eigenvalue weighted by molar-refractivity contribution is 0.451. The van der Waals surface area contributed by atoms with E-state index in [4.69, 9.17) is 19.4 Å². The Morgan fingerprint density at radius 1 is 0.542 bits per heavy atom. The van der Waals surface area contributed by atoms with Crippen molar-refractivity contribution in [3.05, 3.63) is 146 Å². The van der Waals surface area contributed by atoms with E-state index in [2.05, 4.69) is 120 Å². The number of fused-ring (bicyclic) bond motifs is 9. The number of para-hydroxylation sites is 4. The molecule has 0 spiro atoms. The Morgan fingerprint density at radius 2 is 1.17 bits per heavy atom. The summed E-state index contributed by atoms with van der Waals surface area (Å²) in [4.78, 5) is 10.5. The van der Waals surface area contributed by atoms with Gasteiger partial charge in [0.1, 0.15) is 17.2 Å². The second kappa shape index (κ2) is 9.56. The molecule has 11 rings (SSSR count). The molecule has 9 aromatic rings. The molecule has 0 bridgehead atoms. The minimum Gasteiger partial charge on any atom is -0.458 e. The highest BCUT2D eigenvalue weighted by Gasteiger charge is 2.41. The first-order valence-electron chi connectivity index (χ1n) is 16.2. The zero-order valence-electron chi connectivity index (χ0n) is 25.6. The van der Waals surface area contributed by atoms with Gasteiger partial charge in [0, 0.05) is 33.3 Å². The molecule has 222 valence electrons. The topological polar surface area (TPSA) is 49.2 Å². The fraction of sp³-hybridized carbons (Fsp3) is 0. The van der Waals surface area contributed by atoms with Crippen LogP contribution in [0.4, 0.5) is 0 Å². The van der Waals surface area contributed by atoms with Crippen LogP contribution in [0, 0.1) is 0 Å². The fourth-order valence-corrected chi connectivity index (χ4v) is 7.91. The highest BCUT2D eigenvalue weighted by molar-refractivity contribution is 6.98. The molecule has 0 saturated carbocycles. The van der Waals surface area contributed by atoms with Gasteiger partial charge in [0.15, 0.2) is 0 Å². The molecule has 3 aromatic heterocycles. The first-order chi connectivity index (χ1) is 23.8. The van der Waals surface area contributed by atoms with Crippen LogP contribution in [0.1, 0.15) is 0 Å². The van der Waals surface area contributed by atoms with Gasteiger partial charge in [-0.3, -0.25) is 4.98 Å². The van der Waals surface area contributed by atoms with E-state index in [1.165, 1.54) is 10.8 Å². The van der Waals surface area contributed by atoms with Crippen molar-refractivity contribution in [3.8, 4) is 40.1 Å². The third-order valence-electron chi connectivity index (χ3n) is 9.94. The number of hydrogen-bond acceptors (Lipinski definition) is 4. The van der Waals surface area contributed by atoms with Gasteiger partial charge >= 0.3 is 0 Å². The second-order valence-electron chi connectivity index (χ2n) is 12.5. The average Bonchev–Trinajstić information content (AvgIpc) is 3.47. The SMILES string of the molecule is c1ccc2c(c1)Oc1cc(-c3c4ccccc4cc4cc(-n5c6ccccc6c6ccccc65)cnc34)nc3c1B2c1ccccc1O3. The van der Waals surface area contributed by atoms with Crippen molar-refractivity contribution in [3.63, 3.8) is 0 Å². The summed E-state index contributed by atoms with van der Waals surface area (Å²) in [5, 5.41) is 5.67. The summed E-state index contributed by atoms with van der Waals surface area (Å²) in [5.41, 5.74) is 9.11. The fourth-order valence-electron chi connectivity index (χ4n) is 7.91. The zero-order chi connectivity index (χ0) is 31.3. The standard InChI is InChI=1S/C42H24BN3O2/c1-2-12-28-25(11-1)21-26-22-27(46-34-17-7-3-13-29(34)30-14-4-8-18-35(30)46)24-44-41(26)39(28)33-23-38-40-42(45-33)48-37-20-10-6-16-32(37)43(40)31-15-5-9-19-36(31)47-38/h1-24H. The van der Waals surface area contributed by atoms with Crippen LogP contribution in [0.5, 0.6) is 23.1 Å². The Kier molecular flexibility index (Phi) is 5.13. The predicted octanol–water partition coefficient (Wildman–Crippen LogP) is 8.27. The first-order valence-corrected chi connectivity index (χ1v) is 16.2. The Hall–Kier alpha value is -6.40. The minimum absolute atomic E-state index is 0.0254. The lowest BCUT2D eigenvalue weighted by atomic mass is 9.35. The maximum absolute atomic E-state index is 6.63. The van der Waals surface area contributed by atoms with Gasteiger partial charge in [0.25, 0.3) is 6.71 Å². The maximum atomic E-state index is 6.63. The molecule has 0 saturated heterocycles. The molecular weight excluding hydrogens is 589 g/mol. The van der Waals surface area contributed by atoms with Gasteiger partial charge in [-0.1, -0.05) is 97.1 Å². The molecule has 6 aromatic carbocycles. The second-order valence-corrected chi connectivity index (χ2v) is 12.5. The highest BCUT2D eigenvalue weighted by atomic mass is 16.5. The van der Waals surface area contributed by atoms with Gasteiger partial charge in [-0.15, -0.1) is 0 Å². The smallest absolute Gasteiger partial charge is 0.262 e. The number of rotatable bonds is 2. The van der Waals surface area contributed by atoms with E-state index in [0.29, 0.717) is 5.88 Å². The number of hydrogen-bond donors (Lipinski definition) is 0. The van der Waals surface area contributed by atoms with Crippen LogP contribution >= 0.6 is 0 Å². The molecular formula is C42H24BN3O2. The summed E-state index contributed by atoms with van der Waals surface area (Å²) in [5.74, 6) is 3.01. The number of benzene rings is 6. The van der Waals surface area contributed by atoms with E-state index >= 15 is 0 Å². The molecule has 0 aliphatic carbocycles. The zero-order valence-corrected chi connectivity index (χ0v) is 25.6. The van der Waals surface area contributed by atoms with Crippen LogP contribution in [0.2, 0.25) is 0 Å². The van der Waals surface area contributed by atoms with Crippen molar-refractivity contribution in [2.75, 3.05) is 0 Å². The van der Waals surface area contributed by atoms with E-state index < -0.39 is 0 Å². The van der Waals surface area contributed by atoms with Gasteiger partial charge in [-0.05, 0) is 58.1 Å². The Labute approximate surface area is 275 Å². The normalized spacial score (nSPS) is 12.9. The Balaban J connectivity index is 1.17. The van der Waals surface area contributed by atoms with Crippen LogP contribution in [0.15, 0.2) is 146 Å². The van der Waals surface area contributed by atoms with Crippen molar-refractivity contribution in [2.24, 2.45) is 0 Å². The summed E-state index contributed by atoms with van der Waals surface area (Å²) in [6, 6.07) is 48.6. The molecule has 0 unspecified atom stereocenters. The van der Waals surface area contributed by atoms with Crippen LogP contribution < -0.4 is 25.9 Å². The molecule has 5 nitrogen and oxygen atoms in total. The Morgan fingerprint density at radius 3 is 1.92 bits per heavy atom. The predicted molar refractivity (Wildman–Crippen MR) is 195 cm³/mol. The van der Waals surface area contributed by atoms with Gasteiger partial charge in [-0.25, -0.2) is 4.98 Å². The van der Waals surface area contributed by atoms with E-state index in [1.807, 2.05) is 30.5 Å². The Bertz CT molecular complexity index is 2700. The van der Waals surface area contributed by atoms with Crippen molar-refractivity contribution < 1.29 is 9.47 Å². The quantitative estimate of drug-likeness (QED) is 0.146. The molecule has 0 fully saturated rings. The van der Waals surface area contributed by atoms with E-state index in [1.54, 1.807) is 0 Å². The number of aromatic nitrogens is 3. The molecule has 0 atom stereocenters. The third kappa shape index (κ3) is 3.51. The van der Waals surface area contributed by atoms with E-state index in [9.17, 15) is 0 Å². The monoisotopic (exact) mass is 613 g/mol.